The van der Waals surface area contributed by atoms with Crippen LogP contribution in [-0.2, 0) is 0 Å². The zero-order valence-electron chi connectivity index (χ0n) is 10.6. The minimum atomic E-state index is -0.490. The lowest BCUT2D eigenvalue weighted by atomic mass is 9.98. The number of halogens is 4. The van der Waals surface area contributed by atoms with E-state index < -0.39 is 11.9 Å². The summed E-state index contributed by atoms with van der Waals surface area (Å²) in [7, 11) is 0. The SMILES string of the molecule is Cc1ccc(C(NN)c2ccc(Br)c(Cl)c2F)c(Br)c1. The number of hydrogen-bond donors (Lipinski definition) is 2. The van der Waals surface area contributed by atoms with Crippen LogP contribution < -0.4 is 11.3 Å². The predicted octanol–water partition coefficient (Wildman–Crippen LogP) is 4.87. The Morgan fingerprint density at radius 1 is 1.15 bits per heavy atom. The first-order valence-electron chi connectivity index (χ1n) is 5.81. The molecule has 20 heavy (non-hydrogen) atoms. The summed E-state index contributed by atoms with van der Waals surface area (Å²) < 4.78 is 15.7. The second-order valence-electron chi connectivity index (χ2n) is 4.39. The molecule has 0 amide bonds. The van der Waals surface area contributed by atoms with Crippen molar-refractivity contribution in [1.82, 2.24) is 5.43 Å². The molecule has 1 atom stereocenters. The molecule has 106 valence electrons. The molecule has 1 unspecified atom stereocenters. The van der Waals surface area contributed by atoms with E-state index in [1.54, 1.807) is 12.1 Å². The monoisotopic (exact) mass is 420 g/mol. The summed E-state index contributed by atoms with van der Waals surface area (Å²) in [6.45, 7) is 1.98. The smallest absolute Gasteiger partial charge is 0.148 e. The van der Waals surface area contributed by atoms with E-state index in [4.69, 9.17) is 17.4 Å². The Kier molecular flexibility index (Phi) is 5.20. The van der Waals surface area contributed by atoms with Gasteiger partial charge in [-0.1, -0.05) is 45.7 Å². The average Bonchev–Trinajstić information content (AvgIpc) is 2.41. The highest BCUT2D eigenvalue weighted by atomic mass is 79.9. The van der Waals surface area contributed by atoms with Crippen LogP contribution in [0, 0.1) is 12.7 Å². The summed E-state index contributed by atoms with van der Waals surface area (Å²) in [4.78, 5) is 0. The first kappa shape index (κ1) is 15.9. The Balaban J connectivity index is 2.55. The maximum atomic E-state index is 14.3. The van der Waals surface area contributed by atoms with Crippen LogP contribution in [0.4, 0.5) is 4.39 Å². The first-order valence-corrected chi connectivity index (χ1v) is 7.77. The van der Waals surface area contributed by atoms with Crippen LogP contribution in [0.1, 0.15) is 22.7 Å². The van der Waals surface area contributed by atoms with Gasteiger partial charge in [-0.15, -0.1) is 0 Å². The van der Waals surface area contributed by atoms with Crippen molar-refractivity contribution < 1.29 is 4.39 Å². The third-order valence-electron chi connectivity index (χ3n) is 3.01. The van der Waals surface area contributed by atoms with E-state index >= 15 is 0 Å². The van der Waals surface area contributed by atoms with Gasteiger partial charge in [-0.05, 0) is 46.1 Å². The number of aryl methyl sites for hydroxylation is 1. The van der Waals surface area contributed by atoms with Crippen LogP contribution in [0.25, 0.3) is 0 Å². The molecule has 3 N–H and O–H groups in total. The molecule has 0 saturated heterocycles. The van der Waals surface area contributed by atoms with Gasteiger partial charge in [0, 0.05) is 14.5 Å². The molecule has 0 aliphatic rings. The minimum absolute atomic E-state index is 0.0472. The van der Waals surface area contributed by atoms with Crippen LogP contribution in [0.2, 0.25) is 5.02 Å². The summed E-state index contributed by atoms with van der Waals surface area (Å²) in [6.07, 6.45) is 0. The molecular formula is C14H12Br2ClFN2. The van der Waals surface area contributed by atoms with Crippen molar-refractivity contribution in [2.45, 2.75) is 13.0 Å². The van der Waals surface area contributed by atoms with Gasteiger partial charge in [0.1, 0.15) is 5.82 Å². The minimum Gasteiger partial charge on any atom is -0.271 e. The second-order valence-corrected chi connectivity index (χ2v) is 6.48. The highest BCUT2D eigenvalue weighted by Gasteiger charge is 2.21. The molecule has 6 heteroatoms. The Labute approximate surface area is 138 Å². The van der Waals surface area contributed by atoms with E-state index in [0.29, 0.717) is 10.0 Å². The van der Waals surface area contributed by atoms with Crippen molar-refractivity contribution in [3.05, 3.63) is 66.8 Å². The van der Waals surface area contributed by atoms with E-state index in [2.05, 4.69) is 37.3 Å². The fourth-order valence-corrected chi connectivity index (χ4v) is 3.18. The van der Waals surface area contributed by atoms with Crippen LogP contribution >= 0.6 is 43.5 Å². The summed E-state index contributed by atoms with van der Waals surface area (Å²) in [5, 5.41) is 0.0472. The largest absolute Gasteiger partial charge is 0.271 e. The molecule has 0 fully saturated rings. The van der Waals surface area contributed by atoms with Crippen molar-refractivity contribution in [2.75, 3.05) is 0 Å². The molecule has 0 saturated carbocycles. The molecule has 0 heterocycles. The molecule has 0 aromatic heterocycles. The fraction of sp³-hybridized carbons (Fsp3) is 0.143. The standard InChI is InChI=1S/C14H12Br2ClFN2/c1-7-2-3-8(11(16)6-7)14(20-19)9-4-5-10(15)12(17)13(9)18/h2-6,14,20H,19H2,1H3. The molecular weight excluding hydrogens is 410 g/mol. The van der Waals surface area contributed by atoms with E-state index in [-0.39, 0.29) is 5.02 Å². The quantitative estimate of drug-likeness (QED) is 0.421. The summed E-state index contributed by atoms with van der Waals surface area (Å²) >= 11 is 12.6. The number of hydrogen-bond acceptors (Lipinski definition) is 2. The van der Waals surface area contributed by atoms with E-state index in [0.717, 1.165) is 15.6 Å². The molecule has 0 radical (unpaired) electrons. The molecule has 0 spiro atoms. The highest BCUT2D eigenvalue weighted by Crippen LogP contribution is 2.35. The van der Waals surface area contributed by atoms with Crippen LogP contribution in [0.3, 0.4) is 0 Å². The zero-order valence-corrected chi connectivity index (χ0v) is 14.5. The fourth-order valence-electron chi connectivity index (χ4n) is 1.98. The summed E-state index contributed by atoms with van der Waals surface area (Å²) in [5.41, 5.74) is 4.98. The third kappa shape index (κ3) is 3.07. The Hall–Kier alpha value is -0.460. The maximum Gasteiger partial charge on any atom is 0.148 e. The topological polar surface area (TPSA) is 38.0 Å². The maximum absolute atomic E-state index is 14.3. The van der Waals surface area contributed by atoms with Crippen LogP contribution in [-0.4, -0.2) is 0 Å². The molecule has 0 bridgehead atoms. The summed E-state index contributed by atoms with van der Waals surface area (Å²) in [5.74, 6) is 5.12. The normalized spacial score (nSPS) is 12.5. The lowest BCUT2D eigenvalue weighted by molar-refractivity contribution is 0.559. The average molecular weight is 423 g/mol. The van der Waals surface area contributed by atoms with Crippen LogP contribution in [0.15, 0.2) is 39.3 Å². The Bertz CT molecular complexity index is 649. The first-order chi connectivity index (χ1) is 9.45. The number of nitrogens with two attached hydrogens (primary N) is 1. The highest BCUT2D eigenvalue weighted by molar-refractivity contribution is 9.10. The van der Waals surface area contributed by atoms with Gasteiger partial charge in [0.15, 0.2) is 0 Å². The number of benzene rings is 2. The Morgan fingerprint density at radius 3 is 2.40 bits per heavy atom. The molecule has 2 nitrogen and oxygen atoms in total. The molecule has 2 aromatic rings. The summed E-state index contributed by atoms with van der Waals surface area (Å²) in [6, 6.07) is 8.67. The van der Waals surface area contributed by atoms with Gasteiger partial charge in [0.05, 0.1) is 11.1 Å². The van der Waals surface area contributed by atoms with E-state index in [9.17, 15) is 4.39 Å². The van der Waals surface area contributed by atoms with E-state index in [1.807, 2.05) is 25.1 Å². The van der Waals surface area contributed by atoms with Gasteiger partial charge < -0.3 is 0 Å². The molecule has 0 aliphatic heterocycles. The van der Waals surface area contributed by atoms with Crippen molar-refractivity contribution in [3.63, 3.8) is 0 Å². The van der Waals surface area contributed by atoms with E-state index in [1.165, 1.54) is 0 Å². The number of nitrogens with one attached hydrogen (secondary N) is 1. The van der Waals surface area contributed by atoms with Gasteiger partial charge >= 0.3 is 0 Å². The van der Waals surface area contributed by atoms with Gasteiger partial charge in [0.2, 0.25) is 0 Å². The van der Waals surface area contributed by atoms with Crippen molar-refractivity contribution in [3.8, 4) is 0 Å². The van der Waals surface area contributed by atoms with Gasteiger partial charge in [-0.2, -0.15) is 0 Å². The van der Waals surface area contributed by atoms with Crippen molar-refractivity contribution in [2.24, 2.45) is 5.84 Å². The molecule has 2 rings (SSSR count). The molecule has 0 aliphatic carbocycles. The zero-order chi connectivity index (χ0) is 14.9. The van der Waals surface area contributed by atoms with Crippen LogP contribution in [0.5, 0.6) is 0 Å². The second kappa shape index (κ2) is 6.54. The Morgan fingerprint density at radius 2 is 1.80 bits per heavy atom. The van der Waals surface area contributed by atoms with Crippen molar-refractivity contribution in [1.29, 1.82) is 0 Å². The van der Waals surface area contributed by atoms with Gasteiger partial charge in [-0.25, -0.2) is 9.82 Å². The number of hydrazine groups is 1. The van der Waals surface area contributed by atoms with Crippen molar-refractivity contribution >= 4 is 43.5 Å². The predicted molar refractivity (Wildman–Crippen MR) is 87.2 cm³/mol. The number of rotatable bonds is 3. The lowest BCUT2D eigenvalue weighted by Crippen LogP contribution is -2.30. The molecule has 2 aromatic carbocycles. The third-order valence-corrected chi connectivity index (χ3v) is 4.96. The van der Waals surface area contributed by atoms with Gasteiger partial charge in [0.25, 0.3) is 0 Å². The van der Waals surface area contributed by atoms with Gasteiger partial charge in [-0.3, -0.25) is 5.84 Å². The lowest BCUT2D eigenvalue weighted by Gasteiger charge is -2.20.